The first-order chi connectivity index (χ1) is 8.38. The van der Waals surface area contributed by atoms with Crippen LogP contribution in [0.3, 0.4) is 0 Å². The van der Waals surface area contributed by atoms with E-state index in [4.69, 9.17) is 4.74 Å². The molecule has 0 saturated carbocycles. The van der Waals surface area contributed by atoms with E-state index in [0.717, 1.165) is 18.7 Å². The largest absolute Gasteiger partial charge is 0.497 e. The van der Waals surface area contributed by atoms with Gasteiger partial charge in [-0.25, -0.2) is 0 Å². The molecule has 1 aromatic carbocycles. The molecule has 1 fully saturated rings. The molecule has 17 heavy (non-hydrogen) atoms. The second-order valence-corrected chi connectivity index (χ2v) is 4.52. The van der Waals surface area contributed by atoms with Crippen LogP contribution in [0.15, 0.2) is 35.9 Å². The van der Waals surface area contributed by atoms with Gasteiger partial charge in [0.1, 0.15) is 5.75 Å². The number of benzene rings is 1. The number of hydrogen-bond acceptors (Lipinski definition) is 2. The molecule has 0 bridgehead atoms. The number of methoxy groups -OCH3 is 1. The highest BCUT2D eigenvalue weighted by atomic mass is 16.5. The normalized spacial score (nSPS) is 19.0. The van der Waals surface area contributed by atoms with Crippen molar-refractivity contribution in [1.82, 2.24) is 5.32 Å². The van der Waals surface area contributed by atoms with E-state index in [0.29, 0.717) is 0 Å². The zero-order chi connectivity index (χ0) is 11.9. The minimum atomic E-state index is 0.931. The zero-order valence-corrected chi connectivity index (χ0v) is 10.5. The SMILES string of the molecule is COc1ccc(C/C=C2/CCCNCC2)cc1. The maximum absolute atomic E-state index is 5.16. The van der Waals surface area contributed by atoms with Crippen molar-refractivity contribution in [3.63, 3.8) is 0 Å². The summed E-state index contributed by atoms with van der Waals surface area (Å²) in [6, 6.07) is 8.35. The summed E-state index contributed by atoms with van der Waals surface area (Å²) in [6.07, 6.45) is 7.17. The van der Waals surface area contributed by atoms with Crippen LogP contribution in [-0.2, 0) is 6.42 Å². The molecule has 1 aliphatic heterocycles. The lowest BCUT2D eigenvalue weighted by Gasteiger charge is -2.04. The Labute approximate surface area is 104 Å². The van der Waals surface area contributed by atoms with E-state index in [1.54, 1.807) is 12.7 Å². The number of allylic oxidation sites excluding steroid dienone is 1. The zero-order valence-electron chi connectivity index (χ0n) is 10.5. The summed E-state index contributed by atoms with van der Waals surface area (Å²) in [5.41, 5.74) is 2.96. The van der Waals surface area contributed by atoms with Gasteiger partial charge in [0.25, 0.3) is 0 Å². The van der Waals surface area contributed by atoms with Crippen LogP contribution >= 0.6 is 0 Å². The second-order valence-electron chi connectivity index (χ2n) is 4.52. The summed E-state index contributed by atoms with van der Waals surface area (Å²) >= 11 is 0. The second kappa shape index (κ2) is 6.45. The van der Waals surface area contributed by atoms with Crippen LogP contribution in [0.5, 0.6) is 5.75 Å². The Bertz CT molecular complexity index is 357. The van der Waals surface area contributed by atoms with Crippen LogP contribution in [0, 0.1) is 0 Å². The van der Waals surface area contributed by atoms with Gasteiger partial charge in [-0.15, -0.1) is 0 Å². The van der Waals surface area contributed by atoms with E-state index in [2.05, 4.69) is 23.5 Å². The van der Waals surface area contributed by atoms with E-state index in [-0.39, 0.29) is 0 Å². The Morgan fingerprint density at radius 1 is 1.18 bits per heavy atom. The number of nitrogens with one attached hydrogen (secondary N) is 1. The molecule has 1 N–H and O–H groups in total. The lowest BCUT2D eigenvalue weighted by atomic mass is 10.0. The average molecular weight is 231 g/mol. The van der Waals surface area contributed by atoms with Crippen molar-refractivity contribution in [1.29, 1.82) is 0 Å². The topological polar surface area (TPSA) is 21.3 Å². The molecule has 1 aliphatic rings. The molecule has 1 aromatic rings. The fourth-order valence-electron chi connectivity index (χ4n) is 2.17. The van der Waals surface area contributed by atoms with Gasteiger partial charge in [-0.1, -0.05) is 23.8 Å². The molecular weight excluding hydrogens is 210 g/mol. The van der Waals surface area contributed by atoms with E-state index < -0.39 is 0 Å². The summed E-state index contributed by atoms with van der Waals surface area (Å²) in [5.74, 6) is 0.931. The van der Waals surface area contributed by atoms with Gasteiger partial charge in [0.15, 0.2) is 0 Å². The molecule has 0 aliphatic carbocycles. The fourth-order valence-corrected chi connectivity index (χ4v) is 2.17. The van der Waals surface area contributed by atoms with Crippen LogP contribution in [-0.4, -0.2) is 20.2 Å². The van der Waals surface area contributed by atoms with Crippen molar-refractivity contribution in [3.05, 3.63) is 41.5 Å². The quantitative estimate of drug-likeness (QED) is 0.808. The molecule has 0 aromatic heterocycles. The predicted molar refractivity (Wildman–Crippen MR) is 71.5 cm³/mol. The smallest absolute Gasteiger partial charge is 0.118 e. The number of rotatable bonds is 3. The van der Waals surface area contributed by atoms with Crippen molar-refractivity contribution in [3.8, 4) is 5.75 Å². The first-order valence-electron chi connectivity index (χ1n) is 6.40. The minimum absolute atomic E-state index is 0.931. The molecule has 1 saturated heterocycles. The van der Waals surface area contributed by atoms with E-state index in [9.17, 15) is 0 Å². The molecule has 2 nitrogen and oxygen atoms in total. The van der Waals surface area contributed by atoms with Crippen LogP contribution in [0.1, 0.15) is 24.8 Å². The summed E-state index contributed by atoms with van der Waals surface area (Å²) < 4.78 is 5.16. The average Bonchev–Trinajstić information content (AvgIpc) is 2.65. The molecule has 0 radical (unpaired) electrons. The van der Waals surface area contributed by atoms with E-state index >= 15 is 0 Å². The predicted octanol–water partition coefficient (Wildman–Crippen LogP) is 2.94. The van der Waals surface area contributed by atoms with Crippen LogP contribution in [0.2, 0.25) is 0 Å². The van der Waals surface area contributed by atoms with Crippen LogP contribution < -0.4 is 10.1 Å². The summed E-state index contributed by atoms with van der Waals surface area (Å²) in [5, 5.41) is 3.43. The van der Waals surface area contributed by atoms with Gasteiger partial charge in [-0.05, 0) is 56.5 Å². The Kier molecular flexibility index (Phi) is 4.63. The Balaban J connectivity index is 1.92. The fraction of sp³-hybridized carbons (Fsp3) is 0.467. The lowest BCUT2D eigenvalue weighted by Crippen LogP contribution is -2.13. The minimum Gasteiger partial charge on any atom is -0.497 e. The highest BCUT2D eigenvalue weighted by Crippen LogP contribution is 2.16. The molecule has 1 heterocycles. The molecule has 0 unspecified atom stereocenters. The van der Waals surface area contributed by atoms with E-state index in [1.165, 1.54) is 31.4 Å². The van der Waals surface area contributed by atoms with E-state index in [1.807, 2.05) is 12.1 Å². The van der Waals surface area contributed by atoms with Crippen molar-refractivity contribution in [2.45, 2.75) is 25.7 Å². The maximum Gasteiger partial charge on any atom is 0.118 e. The molecule has 2 heteroatoms. The van der Waals surface area contributed by atoms with Crippen LogP contribution in [0.4, 0.5) is 0 Å². The Morgan fingerprint density at radius 2 is 2.00 bits per heavy atom. The summed E-state index contributed by atoms with van der Waals surface area (Å²) in [7, 11) is 1.70. The first-order valence-corrected chi connectivity index (χ1v) is 6.40. The molecular formula is C15H21NO. The van der Waals surface area contributed by atoms with Gasteiger partial charge >= 0.3 is 0 Å². The monoisotopic (exact) mass is 231 g/mol. The Morgan fingerprint density at radius 3 is 2.76 bits per heavy atom. The summed E-state index contributed by atoms with van der Waals surface area (Å²) in [4.78, 5) is 0. The third kappa shape index (κ3) is 3.90. The maximum atomic E-state index is 5.16. The molecule has 0 amide bonds. The molecule has 2 rings (SSSR count). The van der Waals surface area contributed by atoms with Gasteiger partial charge in [0, 0.05) is 0 Å². The van der Waals surface area contributed by atoms with Gasteiger partial charge in [-0.3, -0.25) is 0 Å². The van der Waals surface area contributed by atoms with Gasteiger partial charge in [0.2, 0.25) is 0 Å². The molecule has 0 atom stereocenters. The van der Waals surface area contributed by atoms with Crippen molar-refractivity contribution >= 4 is 0 Å². The first kappa shape index (κ1) is 12.2. The lowest BCUT2D eigenvalue weighted by molar-refractivity contribution is 0.414. The third-order valence-electron chi connectivity index (χ3n) is 3.26. The number of ether oxygens (including phenoxy) is 1. The van der Waals surface area contributed by atoms with Gasteiger partial charge < -0.3 is 10.1 Å². The van der Waals surface area contributed by atoms with Crippen molar-refractivity contribution in [2.75, 3.05) is 20.2 Å². The standard InChI is InChI=1S/C15H21NO/c1-17-15-8-6-14(7-9-15)5-4-13-3-2-11-16-12-10-13/h4,6-9,16H,2-3,5,10-12H2,1H3/b13-4-. The van der Waals surface area contributed by atoms with Gasteiger partial charge in [-0.2, -0.15) is 0 Å². The number of hydrogen-bond donors (Lipinski definition) is 1. The van der Waals surface area contributed by atoms with Crippen LogP contribution in [0.25, 0.3) is 0 Å². The highest BCUT2D eigenvalue weighted by Gasteiger charge is 2.02. The molecule has 0 spiro atoms. The molecule has 92 valence electrons. The van der Waals surface area contributed by atoms with Crippen molar-refractivity contribution in [2.24, 2.45) is 0 Å². The summed E-state index contributed by atoms with van der Waals surface area (Å²) in [6.45, 7) is 2.30. The van der Waals surface area contributed by atoms with Gasteiger partial charge in [0.05, 0.1) is 7.11 Å². The third-order valence-corrected chi connectivity index (χ3v) is 3.26. The Hall–Kier alpha value is -1.28. The van der Waals surface area contributed by atoms with Crippen molar-refractivity contribution < 1.29 is 4.74 Å². The highest BCUT2D eigenvalue weighted by molar-refractivity contribution is 5.28.